The second-order valence-electron chi connectivity index (χ2n) is 3.99. The van der Waals surface area contributed by atoms with Crippen LogP contribution in [0.2, 0.25) is 0 Å². The van der Waals surface area contributed by atoms with Gasteiger partial charge in [0.25, 0.3) is 0 Å². The summed E-state index contributed by atoms with van der Waals surface area (Å²) in [5.74, 6) is -2.96. The lowest BCUT2D eigenvalue weighted by molar-refractivity contribution is 0.262. The minimum Gasteiger partial charge on any atom is -0.491 e. The van der Waals surface area contributed by atoms with E-state index in [4.69, 9.17) is 4.74 Å². The molecule has 0 bridgehead atoms. The van der Waals surface area contributed by atoms with E-state index in [1.54, 1.807) is 6.92 Å². The average molecular weight is 330 g/mol. The molecule has 0 unspecified atom stereocenters. The van der Waals surface area contributed by atoms with Gasteiger partial charge in [0.15, 0.2) is 17.3 Å². The van der Waals surface area contributed by atoms with Crippen molar-refractivity contribution in [1.29, 1.82) is 0 Å². The SMILES string of the molecule is COc1c(F)cc(NC(=O)Nc2nnc(C)s2)c(OC)c1F. The Balaban J connectivity index is 2.23. The van der Waals surface area contributed by atoms with Gasteiger partial charge in [-0.2, -0.15) is 4.39 Å². The first-order valence-electron chi connectivity index (χ1n) is 5.94. The quantitative estimate of drug-likeness (QED) is 0.900. The molecule has 118 valence electrons. The Labute approximate surface area is 128 Å². The minimum absolute atomic E-state index is 0.183. The number of hydrogen-bond donors (Lipinski definition) is 2. The zero-order valence-electron chi connectivity index (χ0n) is 11.9. The maximum absolute atomic E-state index is 14.0. The summed E-state index contributed by atoms with van der Waals surface area (Å²) in [6, 6.07) is 0.157. The molecule has 2 rings (SSSR count). The number of carbonyl (C=O) groups excluding carboxylic acids is 1. The fraction of sp³-hybridized carbons (Fsp3) is 0.250. The van der Waals surface area contributed by atoms with Gasteiger partial charge in [0.05, 0.1) is 19.9 Å². The summed E-state index contributed by atoms with van der Waals surface area (Å²) in [7, 11) is 2.31. The largest absolute Gasteiger partial charge is 0.491 e. The fourth-order valence-corrected chi connectivity index (χ4v) is 2.25. The maximum Gasteiger partial charge on any atom is 0.325 e. The lowest BCUT2D eigenvalue weighted by Crippen LogP contribution is -2.20. The van der Waals surface area contributed by atoms with Crippen molar-refractivity contribution < 1.29 is 23.0 Å². The smallest absolute Gasteiger partial charge is 0.325 e. The third kappa shape index (κ3) is 3.22. The van der Waals surface area contributed by atoms with E-state index in [2.05, 4.69) is 25.6 Å². The topological polar surface area (TPSA) is 85.4 Å². The highest BCUT2D eigenvalue weighted by atomic mass is 32.1. The number of anilines is 2. The summed E-state index contributed by atoms with van der Waals surface area (Å²) in [5.41, 5.74) is -0.183. The predicted molar refractivity (Wildman–Crippen MR) is 76.7 cm³/mol. The van der Waals surface area contributed by atoms with Gasteiger partial charge in [-0.05, 0) is 6.92 Å². The van der Waals surface area contributed by atoms with E-state index in [0.717, 1.165) is 24.5 Å². The summed E-state index contributed by atoms with van der Waals surface area (Å²) < 4.78 is 37.1. The molecule has 0 aliphatic carbocycles. The molecule has 22 heavy (non-hydrogen) atoms. The number of benzene rings is 1. The molecule has 2 aromatic rings. The van der Waals surface area contributed by atoms with Crippen molar-refractivity contribution in [3.63, 3.8) is 0 Å². The van der Waals surface area contributed by atoms with Crippen LogP contribution in [0.25, 0.3) is 0 Å². The number of rotatable bonds is 4. The second-order valence-corrected chi connectivity index (χ2v) is 5.17. The van der Waals surface area contributed by atoms with Gasteiger partial charge in [-0.3, -0.25) is 5.32 Å². The fourth-order valence-electron chi connectivity index (χ4n) is 1.66. The van der Waals surface area contributed by atoms with Crippen LogP contribution in [-0.2, 0) is 0 Å². The van der Waals surface area contributed by atoms with Crippen LogP contribution in [0.1, 0.15) is 5.01 Å². The van der Waals surface area contributed by atoms with E-state index in [9.17, 15) is 13.6 Å². The number of amides is 2. The predicted octanol–water partition coefficient (Wildman–Crippen LogP) is 2.79. The van der Waals surface area contributed by atoms with Crippen LogP contribution in [0, 0.1) is 18.6 Å². The zero-order valence-corrected chi connectivity index (χ0v) is 12.7. The summed E-state index contributed by atoms with van der Waals surface area (Å²) in [6.07, 6.45) is 0. The number of carbonyl (C=O) groups is 1. The molecule has 0 spiro atoms. The van der Waals surface area contributed by atoms with Crippen molar-refractivity contribution in [2.75, 3.05) is 24.9 Å². The molecule has 10 heteroatoms. The van der Waals surface area contributed by atoms with Gasteiger partial charge in [-0.25, -0.2) is 9.18 Å². The molecule has 1 aromatic heterocycles. The van der Waals surface area contributed by atoms with Gasteiger partial charge in [-0.15, -0.1) is 10.2 Å². The zero-order chi connectivity index (χ0) is 16.3. The first-order valence-corrected chi connectivity index (χ1v) is 6.76. The Hall–Kier alpha value is -2.49. The van der Waals surface area contributed by atoms with Gasteiger partial charge in [0.1, 0.15) is 5.01 Å². The molecule has 2 N–H and O–H groups in total. The van der Waals surface area contributed by atoms with Crippen LogP contribution >= 0.6 is 11.3 Å². The Morgan fingerprint density at radius 2 is 1.86 bits per heavy atom. The van der Waals surface area contributed by atoms with Crippen molar-refractivity contribution >= 4 is 28.2 Å². The standard InChI is InChI=1S/C12H12F2N4O3S/c1-5-17-18-12(22-5)16-11(19)15-7-4-6(13)9(20-2)8(14)10(7)21-3/h4H,1-3H3,(H2,15,16,18,19). The van der Waals surface area contributed by atoms with Gasteiger partial charge in [0.2, 0.25) is 10.9 Å². The lowest BCUT2D eigenvalue weighted by atomic mass is 10.2. The van der Waals surface area contributed by atoms with Gasteiger partial charge < -0.3 is 14.8 Å². The number of halogens is 2. The number of ether oxygens (including phenoxy) is 2. The average Bonchev–Trinajstić information content (AvgIpc) is 2.84. The van der Waals surface area contributed by atoms with Crippen molar-refractivity contribution in [3.05, 3.63) is 22.7 Å². The van der Waals surface area contributed by atoms with E-state index in [1.165, 1.54) is 7.11 Å². The molecule has 2 amide bonds. The molecule has 1 aromatic carbocycles. The molecular formula is C12H12F2N4O3S. The van der Waals surface area contributed by atoms with E-state index >= 15 is 0 Å². The minimum atomic E-state index is -1.05. The number of hydrogen-bond acceptors (Lipinski definition) is 6. The molecule has 0 atom stereocenters. The van der Waals surface area contributed by atoms with E-state index in [1.807, 2.05) is 0 Å². The van der Waals surface area contributed by atoms with Gasteiger partial charge >= 0.3 is 6.03 Å². The Morgan fingerprint density at radius 1 is 1.18 bits per heavy atom. The number of aromatic nitrogens is 2. The van der Waals surface area contributed by atoms with Crippen LogP contribution in [-0.4, -0.2) is 30.4 Å². The highest BCUT2D eigenvalue weighted by molar-refractivity contribution is 7.15. The number of nitrogens with one attached hydrogen (secondary N) is 2. The summed E-state index contributed by atoms with van der Waals surface area (Å²) in [6.45, 7) is 1.72. The molecule has 0 fully saturated rings. The number of aryl methyl sites for hydroxylation is 1. The summed E-state index contributed by atoms with van der Waals surface area (Å²) in [4.78, 5) is 11.8. The number of nitrogens with zero attached hydrogens (tertiary/aromatic N) is 2. The molecule has 7 nitrogen and oxygen atoms in total. The molecule has 0 aliphatic heterocycles. The first kappa shape index (κ1) is 15.9. The Kier molecular flexibility index (Phi) is 4.71. The molecule has 0 saturated heterocycles. The highest BCUT2D eigenvalue weighted by Crippen LogP contribution is 2.36. The van der Waals surface area contributed by atoms with Crippen molar-refractivity contribution in [2.45, 2.75) is 6.92 Å². The van der Waals surface area contributed by atoms with Crippen LogP contribution in [0.4, 0.5) is 24.4 Å². The van der Waals surface area contributed by atoms with Crippen molar-refractivity contribution in [1.82, 2.24) is 10.2 Å². The third-order valence-electron chi connectivity index (χ3n) is 2.53. The normalized spacial score (nSPS) is 10.2. The van der Waals surface area contributed by atoms with E-state index < -0.39 is 23.4 Å². The number of methoxy groups -OCH3 is 2. The highest BCUT2D eigenvalue weighted by Gasteiger charge is 2.21. The third-order valence-corrected chi connectivity index (χ3v) is 3.29. The summed E-state index contributed by atoms with van der Waals surface area (Å²) in [5, 5.41) is 13.0. The molecule has 0 radical (unpaired) electrons. The maximum atomic E-state index is 14.0. The lowest BCUT2D eigenvalue weighted by Gasteiger charge is -2.13. The Morgan fingerprint density at radius 3 is 2.41 bits per heavy atom. The molecule has 1 heterocycles. The Bertz CT molecular complexity index is 708. The van der Waals surface area contributed by atoms with E-state index in [-0.39, 0.29) is 16.6 Å². The van der Waals surface area contributed by atoms with Crippen LogP contribution in [0.5, 0.6) is 11.5 Å². The molecular weight excluding hydrogens is 318 g/mol. The van der Waals surface area contributed by atoms with Gasteiger partial charge in [-0.1, -0.05) is 11.3 Å². The monoisotopic (exact) mass is 330 g/mol. The van der Waals surface area contributed by atoms with E-state index in [0.29, 0.717) is 5.01 Å². The first-order chi connectivity index (χ1) is 10.5. The second kappa shape index (κ2) is 6.52. The molecule has 0 aliphatic rings. The summed E-state index contributed by atoms with van der Waals surface area (Å²) >= 11 is 1.16. The van der Waals surface area contributed by atoms with Crippen LogP contribution < -0.4 is 20.1 Å². The number of urea groups is 1. The van der Waals surface area contributed by atoms with Crippen LogP contribution in [0.15, 0.2) is 6.07 Å². The van der Waals surface area contributed by atoms with Crippen LogP contribution in [0.3, 0.4) is 0 Å². The van der Waals surface area contributed by atoms with Gasteiger partial charge in [0, 0.05) is 6.07 Å². The van der Waals surface area contributed by atoms with Crippen molar-refractivity contribution in [2.24, 2.45) is 0 Å². The van der Waals surface area contributed by atoms with Crippen molar-refractivity contribution in [3.8, 4) is 11.5 Å². The molecule has 0 saturated carbocycles.